The van der Waals surface area contributed by atoms with Gasteiger partial charge in [0, 0.05) is 17.5 Å². The molecule has 1 fully saturated rings. The molecule has 3 amide bonds. The Morgan fingerprint density at radius 1 is 0.966 bits per heavy atom. The van der Waals surface area contributed by atoms with Gasteiger partial charge in [-0.05, 0) is 24.3 Å². The largest absolute Gasteiger partial charge is 0.493 e. The number of rotatable bonds is 3. The van der Waals surface area contributed by atoms with E-state index in [1.165, 1.54) is 0 Å². The number of urea groups is 1. The molecule has 8 heteroatoms. The predicted octanol–water partition coefficient (Wildman–Crippen LogP) is 1.87. The standard InChI is InChI=1S/C21H18N2O6/c24-15(13-5-6-17-18(11-13)29-10-9-28-17)12-23-19(25)21(22-20(23)26)7-8-27-16-4-2-1-3-14(16)21/h1-6,11H,7-10,12H2,(H,22,26). The lowest BCUT2D eigenvalue weighted by Gasteiger charge is -2.33. The highest BCUT2D eigenvalue weighted by Gasteiger charge is 2.55. The zero-order valence-electron chi connectivity index (χ0n) is 15.5. The first kappa shape index (κ1) is 17.5. The minimum Gasteiger partial charge on any atom is -0.493 e. The third-order valence-corrected chi connectivity index (χ3v) is 5.42. The van der Waals surface area contributed by atoms with Crippen molar-refractivity contribution in [1.82, 2.24) is 10.2 Å². The Labute approximate surface area is 166 Å². The Morgan fingerprint density at radius 2 is 1.72 bits per heavy atom. The van der Waals surface area contributed by atoms with Gasteiger partial charge in [-0.1, -0.05) is 18.2 Å². The van der Waals surface area contributed by atoms with Gasteiger partial charge in [-0.3, -0.25) is 14.5 Å². The van der Waals surface area contributed by atoms with E-state index in [4.69, 9.17) is 14.2 Å². The molecule has 1 atom stereocenters. The molecule has 1 saturated heterocycles. The molecule has 0 saturated carbocycles. The van der Waals surface area contributed by atoms with E-state index in [1.807, 2.05) is 6.07 Å². The number of ketones is 1. The van der Waals surface area contributed by atoms with E-state index in [0.717, 1.165) is 4.90 Å². The van der Waals surface area contributed by atoms with Crippen LogP contribution in [0.2, 0.25) is 0 Å². The molecule has 148 valence electrons. The molecule has 0 bridgehead atoms. The molecule has 3 aliphatic heterocycles. The first-order chi connectivity index (χ1) is 14.1. The van der Waals surface area contributed by atoms with Crippen molar-refractivity contribution in [2.24, 2.45) is 0 Å². The Balaban J connectivity index is 1.41. The number of imide groups is 1. The highest BCUT2D eigenvalue weighted by atomic mass is 16.6. The van der Waals surface area contributed by atoms with Crippen molar-refractivity contribution < 1.29 is 28.6 Å². The molecule has 1 unspecified atom stereocenters. The average molecular weight is 394 g/mol. The fourth-order valence-electron chi connectivity index (χ4n) is 3.97. The van der Waals surface area contributed by atoms with Crippen LogP contribution in [0.4, 0.5) is 4.79 Å². The first-order valence-electron chi connectivity index (χ1n) is 9.38. The van der Waals surface area contributed by atoms with Gasteiger partial charge < -0.3 is 19.5 Å². The van der Waals surface area contributed by atoms with Crippen molar-refractivity contribution in [3.8, 4) is 17.2 Å². The van der Waals surface area contributed by atoms with Gasteiger partial charge in [0.1, 0.15) is 19.0 Å². The van der Waals surface area contributed by atoms with Crippen molar-refractivity contribution >= 4 is 17.7 Å². The number of nitrogens with one attached hydrogen (secondary N) is 1. The minimum atomic E-state index is -1.20. The number of fused-ring (bicyclic) bond motifs is 3. The number of nitrogens with zero attached hydrogens (tertiary/aromatic N) is 1. The van der Waals surface area contributed by atoms with E-state index >= 15 is 0 Å². The molecule has 3 heterocycles. The quantitative estimate of drug-likeness (QED) is 0.631. The van der Waals surface area contributed by atoms with E-state index in [9.17, 15) is 14.4 Å². The molecule has 8 nitrogen and oxygen atoms in total. The topological polar surface area (TPSA) is 94.2 Å². The summed E-state index contributed by atoms with van der Waals surface area (Å²) in [5.41, 5.74) is -0.235. The van der Waals surface area contributed by atoms with Crippen LogP contribution in [0.15, 0.2) is 42.5 Å². The summed E-state index contributed by atoms with van der Waals surface area (Å²) in [5, 5.41) is 2.79. The maximum atomic E-state index is 13.2. The second kappa shape index (κ2) is 6.51. The smallest absolute Gasteiger partial charge is 0.325 e. The van der Waals surface area contributed by atoms with Crippen LogP contribution in [0.3, 0.4) is 0 Å². The Kier molecular flexibility index (Phi) is 3.94. The summed E-state index contributed by atoms with van der Waals surface area (Å²) in [6.07, 6.45) is 0.309. The second-order valence-electron chi connectivity index (χ2n) is 7.10. The molecule has 29 heavy (non-hydrogen) atoms. The third-order valence-electron chi connectivity index (χ3n) is 5.42. The number of hydrogen-bond acceptors (Lipinski definition) is 6. The number of carbonyl (C=O) groups excluding carboxylic acids is 3. The number of benzene rings is 2. The van der Waals surface area contributed by atoms with Crippen LogP contribution in [-0.4, -0.2) is 49.0 Å². The van der Waals surface area contributed by atoms with Crippen molar-refractivity contribution in [2.75, 3.05) is 26.4 Å². The van der Waals surface area contributed by atoms with Crippen LogP contribution in [0.25, 0.3) is 0 Å². The van der Waals surface area contributed by atoms with Crippen molar-refractivity contribution in [2.45, 2.75) is 12.0 Å². The van der Waals surface area contributed by atoms with Crippen LogP contribution >= 0.6 is 0 Å². The summed E-state index contributed by atoms with van der Waals surface area (Å²) < 4.78 is 16.6. The molecule has 0 aliphatic carbocycles. The summed E-state index contributed by atoms with van der Waals surface area (Å²) >= 11 is 0. The molecule has 3 aliphatic rings. The zero-order valence-corrected chi connectivity index (χ0v) is 15.5. The minimum absolute atomic E-state index is 0.299. The number of para-hydroxylation sites is 1. The normalized spacial score (nSPS) is 22.1. The van der Waals surface area contributed by atoms with E-state index in [1.54, 1.807) is 36.4 Å². The van der Waals surface area contributed by atoms with Crippen LogP contribution in [-0.2, 0) is 10.3 Å². The van der Waals surface area contributed by atoms with Crippen LogP contribution in [0, 0.1) is 0 Å². The average Bonchev–Trinajstić information content (AvgIpc) is 2.98. The number of carbonyl (C=O) groups is 3. The maximum absolute atomic E-state index is 13.2. The lowest BCUT2D eigenvalue weighted by Crippen LogP contribution is -2.47. The molecule has 1 N–H and O–H groups in total. The van der Waals surface area contributed by atoms with E-state index in [-0.39, 0.29) is 12.3 Å². The molecule has 0 aromatic heterocycles. The maximum Gasteiger partial charge on any atom is 0.325 e. The Morgan fingerprint density at radius 3 is 2.59 bits per heavy atom. The predicted molar refractivity (Wildman–Crippen MR) is 100 cm³/mol. The highest BCUT2D eigenvalue weighted by Crippen LogP contribution is 2.41. The summed E-state index contributed by atoms with van der Waals surface area (Å²) in [4.78, 5) is 39.6. The SMILES string of the molecule is O=C(CN1C(=O)NC2(CCOc3ccccc32)C1=O)c1ccc2c(c1)OCCO2. The van der Waals surface area contributed by atoms with Crippen molar-refractivity contribution in [3.05, 3.63) is 53.6 Å². The van der Waals surface area contributed by atoms with E-state index in [0.29, 0.717) is 54.6 Å². The summed E-state index contributed by atoms with van der Waals surface area (Å²) in [7, 11) is 0. The lowest BCUT2D eigenvalue weighted by molar-refractivity contribution is -0.132. The van der Waals surface area contributed by atoms with E-state index in [2.05, 4.69) is 5.32 Å². The highest BCUT2D eigenvalue weighted by molar-refractivity contribution is 6.11. The van der Waals surface area contributed by atoms with Gasteiger partial charge in [0.05, 0.1) is 13.2 Å². The molecule has 2 aromatic carbocycles. The van der Waals surface area contributed by atoms with Gasteiger partial charge in [-0.2, -0.15) is 0 Å². The summed E-state index contributed by atoms with van der Waals surface area (Å²) in [6, 6.07) is 11.4. The van der Waals surface area contributed by atoms with Gasteiger partial charge in [-0.25, -0.2) is 4.79 Å². The number of Topliss-reactive ketones (excluding diaryl/α,β-unsaturated/α-hetero) is 1. The second-order valence-corrected chi connectivity index (χ2v) is 7.10. The van der Waals surface area contributed by atoms with Gasteiger partial charge in [0.25, 0.3) is 5.91 Å². The molecule has 0 radical (unpaired) electrons. The third kappa shape index (κ3) is 2.71. The van der Waals surface area contributed by atoms with Crippen LogP contribution in [0.1, 0.15) is 22.3 Å². The Bertz CT molecular complexity index is 1040. The number of hydrogen-bond donors (Lipinski definition) is 1. The van der Waals surface area contributed by atoms with Crippen molar-refractivity contribution in [1.29, 1.82) is 0 Å². The molecule has 5 rings (SSSR count). The summed E-state index contributed by atoms with van der Waals surface area (Å²) in [5.74, 6) is 0.814. The van der Waals surface area contributed by atoms with E-state index < -0.39 is 17.5 Å². The fourth-order valence-corrected chi connectivity index (χ4v) is 3.97. The van der Waals surface area contributed by atoms with Gasteiger partial charge in [0.15, 0.2) is 22.8 Å². The summed E-state index contributed by atoms with van der Waals surface area (Å²) in [6.45, 7) is 0.805. The fraction of sp³-hybridized carbons (Fsp3) is 0.286. The van der Waals surface area contributed by atoms with Gasteiger partial charge in [0.2, 0.25) is 0 Å². The molecular formula is C21H18N2O6. The monoisotopic (exact) mass is 394 g/mol. The van der Waals surface area contributed by atoms with Gasteiger partial charge in [-0.15, -0.1) is 0 Å². The Hall–Kier alpha value is -3.55. The number of ether oxygens (including phenoxy) is 3. The first-order valence-corrected chi connectivity index (χ1v) is 9.38. The molecular weight excluding hydrogens is 376 g/mol. The number of amides is 3. The zero-order chi connectivity index (χ0) is 20.0. The molecule has 2 aromatic rings. The lowest BCUT2D eigenvalue weighted by atomic mass is 9.84. The van der Waals surface area contributed by atoms with Crippen LogP contribution in [0.5, 0.6) is 17.2 Å². The molecule has 1 spiro atoms. The van der Waals surface area contributed by atoms with Crippen molar-refractivity contribution in [3.63, 3.8) is 0 Å². The van der Waals surface area contributed by atoms with Gasteiger partial charge >= 0.3 is 6.03 Å². The van der Waals surface area contributed by atoms with Crippen LogP contribution < -0.4 is 19.5 Å².